The Morgan fingerprint density at radius 3 is 2.68 bits per heavy atom. The summed E-state index contributed by atoms with van der Waals surface area (Å²) in [4.78, 5) is 0. The van der Waals surface area contributed by atoms with Crippen molar-refractivity contribution in [3.63, 3.8) is 0 Å². The SMILES string of the molecule is COc1ccc(C)cc1Nc1ccc(N)c(C#N)c1. The predicted octanol–water partition coefficient (Wildman–Crippen LogP) is 3.20. The van der Waals surface area contributed by atoms with E-state index >= 15 is 0 Å². The molecule has 0 aliphatic carbocycles. The van der Waals surface area contributed by atoms with E-state index in [1.807, 2.05) is 31.2 Å². The third-order valence-electron chi connectivity index (χ3n) is 2.81. The minimum Gasteiger partial charge on any atom is -0.495 e. The fraction of sp³-hybridized carbons (Fsp3) is 0.133. The number of nitrogens with one attached hydrogen (secondary N) is 1. The number of hydrogen-bond donors (Lipinski definition) is 2. The first-order valence-electron chi connectivity index (χ1n) is 5.85. The van der Waals surface area contributed by atoms with Gasteiger partial charge in [-0.1, -0.05) is 6.07 Å². The molecule has 0 atom stereocenters. The van der Waals surface area contributed by atoms with Gasteiger partial charge in [0.05, 0.1) is 18.4 Å². The van der Waals surface area contributed by atoms with Crippen LogP contribution in [-0.4, -0.2) is 7.11 Å². The Hall–Kier alpha value is -2.67. The number of hydrogen-bond acceptors (Lipinski definition) is 4. The average molecular weight is 253 g/mol. The second-order valence-corrected chi connectivity index (χ2v) is 4.24. The van der Waals surface area contributed by atoms with Crippen LogP contribution in [0.4, 0.5) is 17.1 Å². The lowest BCUT2D eigenvalue weighted by Gasteiger charge is -2.12. The summed E-state index contributed by atoms with van der Waals surface area (Å²) in [6, 6.07) is 13.2. The van der Waals surface area contributed by atoms with Crippen molar-refractivity contribution in [2.24, 2.45) is 0 Å². The standard InChI is InChI=1S/C15H15N3O/c1-10-3-6-15(19-2)14(7-10)18-12-4-5-13(17)11(8-12)9-16/h3-8,18H,17H2,1-2H3. The topological polar surface area (TPSA) is 71.1 Å². The molecule has 0 aliphatic rings. The third kappa shape index (κ3) is 2.78. The van der Waals surface area contributed by atoms with Gasteiger partial charge in [0.1, 0.15) is 11.8 Å². The van der Waals surface area contributed by atoms with Crippen molar-refractivity contribution >= 4 is 17.1 Å². The molecule has 0 radical (unpaired) electrons. The monoisotopic (exact) mass is 253 g/mol. The van der Waals surface area contributed by atoms with Crippen LogP contribution < -0.4 is 15.8 Å². The van der Waals surface area contributed by atoms with Gasteiger partial charge in [0, 0.05) is 11.4 Å². The maximum atomic E-state index is 8.97. The van der Waals surface area contributed by atoms with Gasteiger partial charge >= 0.3 is 0 Å². The Morgan fingerprint density at radius 2 is 2.00 bits per heavy atom. The van der Waals surface area contributed by atoms with Gasteiger partial charge in [-0.3, -0.25) is 0 Å². The van der Waals surface area contributed by atoms with E-state index in [1.165, 1.54) is 0 Å². The first kappa shape index (κ1) is 12.8. The maximum Gasteiger partial charge on any atom is 0.142 e. The van der Waals surface area contributed by atoms with Crippen LogP contribution in [0.2, 0.25) is 0 Å². The molecule has 0 saturated carbocycles. The normalized spacial score (nSPS) is 9.74. The number of benzene rings is 2. The van der Waals surface area contributed by atoms with Crippen LogP contribution in [0.25, 0.3) is 0 Å². The molecule has 0 aliphatic heterocycles. The summed E-state index contributed by atoms with van der Waals surface area (Å²) in [5.74, 6) is 0.751. The molecule has 96 valence electrons. The highest BCUT2D eigenvalue weighted by Crippen LogP contribution is 2.29. The lowest BCUT2D eigenvalue weighted by Crippen LogP contribution is -1.97. The Morgan fingerprint density at radius 1 is 1.21 bits per heavy atom. The Balaban J connectivity index is 2.36. The molecular weight excluding hydrogens is 238 g/mol. The molecule has 0 amide bonds. The maximum absolute atomic E-state index is 8.97. The zero-order chi connectivity index (χ0) is 13.8. The minimum absolute atomic E-state index is 0.455. The van der Waals surface area contributed by atoms with Crippen LogP contribution >= 0.6 is 0 Å². The van der Waals surface area contributed by atoms with Crippen LogP contribution in [0.5, 0.6) is 5.75 Å². The zero-order valence-corrected chi connectivity index (χ0v) is 10.9. The first-order chi connectivity index (χ1) is 9.13. The smallest absolute Gasteiger partial charge is 0.142 e. The van der Waals surface area contributed by atoms with Crippen molar-refractivity contribution in [2.75, 3.05) is 18.2 Å². The van der Waals surface area contributed by atoms with E-state index in [9.17, 15) is 0 Å². The summed E-state index contributed by atoms with van der Waals surface area (Å²) in [6.07, 6.45) is 0. The van der Waals surface area contributed by atoms with Gasteiger partial charge in [-0.25, -0.2) is 0 Å². The second-order valence-electron chi connectivity index (χ2n) is 4.24. The summed E-state index contributed by atoms with van der Waals surface area (Å²) >= 11 is 0. The van der Waals surface area contributed by atoms with Crippen LogP contribution in [0.3, 0.4) is 0 Å². The molecule has 19 heavy (non-hydrogen) atoms. The highest BCUT2D eigenvalue weighted by atomic mass is 16.5. The molecule has 4 heteroatoms. The molecule has 0 heterocycles. The number of rotatable bonds is 3. The molecule has 0 saturated heterocycles. The second kappa shape index (κ2) is 5.32. The van der Waals surface area contributed by atoms with Crippen molar-refractivity contribution in [1.29, 1.82) is 5.26 Å². The van der Waals surface area contributed by atoms with Crippen molar-refractivity contribution in [3.05, 3.63) is 47.5 Å². The Kier molecular flexibility index (Phi) is 3.58. The lowest BCUT2D eigenvalue weighted by molar-refractivity contribution is 0.416. The first-order valence-corrected chi connectivity index (χ1v) is 5.85. The minimum atomic E-state index is 0.455. The van der Waals surface area contributed by atoms with Crippen LogP contribution in [0, 0.1) is 18.3 Å². The molecule has 0 fully saturated rings. The van der Waals surface area contributed by atoms with E-state index < -0.39 is 0 Å². The predicted molar refractivity (Wildman–Crippen MR) is 76.6 cm³/mol. The van der Waals surface area contributed by atoms with E-state index in [2.05, 4.69) is 11.4 Å². The van der Waals surface area contributed by atoms with Crippen molar-refractivity contribution in [2.45, 2.75) is 6.92 Å². The lowest BCUT2D eigenvalue weighted by atomic mass is 10.1. The summed E-state index contributed by atoms with van der Waals surface area (Å²) in [5, 5.41) is 12.2. The highest BCUT2D eigenvalue weighted by molar-refractivity contribution is 5.70. The van der Waals surface area contributed by atoms with Gasteiger partial charge < -0.3 is 15.8 Å². The van der Waals surface area contributed by atoms with E-state index in [1.54, 1.807) is 19.2 Å². The molecule has 2 aromatic carbocycles. The number of nitrogens with two attached hydrogens (primary N) is 1. The molecular formula is C15H15N3O. The quantitative estimate of drug-likeness (QED) is 0.824. The molecule has 3 N–H and O–H groups in total. The summed E-state index contributed by atoms with van der Waals surface area (Å²) < 4.78 is 5.30. The number of methoxy groups -OCH3 is 1. The number of nitriles is 1. The number of nitrogens with zero attached hydrogens (tertiary/aromatic N) is 1. The van der Waals surface area contributed by atoms with E-state index in [0.717, 1.165) is 22.7 Å². The summed E-state index contributed by atoms with van der Waals surface area (Å²) in [6.45, 7) is 2.01. The number of nitrogen functional groups attached to an aromatic ring is 1. The summed E-state index contributed by atoms with van der Waals surface area (Å²) in [7, 11) is 1.62. The summed E-state index contributed by atoms with van der Waals surface area (Å²) in [5.41, 5.74) is 9.41. The Bertz CT molecular complexity index is 644. The van der Waals surface area contributed by atoms with Crippen molar-refractivity contribution in [3.8, 4) is 11.8 Å². The molecule has 4 nitrogen and oxygen atoms in total. The van der Waals surface area contributed by atoms with E-state index in [-0.39, 0.29) is 0 Å². The largest absolute Gasteiger partial charge is 0.495 e. The molecule has 0 aromatic heterocycles. The third-order valence-corrected chi connectivity index (χ3v) is 2.81. The van der Waals surface area contributed by atoms with Crippen molar-refractivity contribution in [1.82, 2.24) is 0 Å². The number of ether oxygens (including phenoxy) is 1. The van der Waals surface area contributed by atoms with Gasteiger partial charge in [0.15, 0.2) is 0 Å². The molecule has 2 aromatic rings. The van der Waals surface area contributed by atoms with Gasteiger partial charge in [-0.05, 0) is 42.8 Å². The molecule has 2 rings (SSSR count). The van der Waals surface area contributed by atoms with Crippen LogP contribution in [-0.2, 0) is 0 Å². The van der Waals surface area contributed by atoms with Gasteiger partial charge in [0.25, 0.3) is 0 Å². The van der Waals surface area contributed by atoms with Crippen LogP contribution in [0.15, 0.2) is 36.4 Å². The van der Waals surface area contributed by atoms with Gasteiger partial charge in [-0.15, -0.1) is 0 Å². The fourth-order valence-corrected chi connectivity index (χ4v) is 1.81. The molecule has 0 bridgehead atoms. The molecule has 0 spiro atoms. The van der Waals surface area contributed by atoms with E-state index in [4.69, 9.17) is 15.7 Å². The number of aryl methyl sites for hydroxylation is 1. The van der Waals surface area contributed by atoms with Crippen molar-refractivity contribution < 1.29 is 4.74 Å². The Labute approximate surface area is 112 Å². The van der Waals surface area contributed by atoms with E-state index in [0.29, 0.717) is 11.3 Å². The zero-order valence-electron chi connectivity index (χ0n) is 10.9. The van der Waals surface area contributed by atoms with Gasteiger partial charge in [-0.2, -0.15) is 5.26 Å². The molecule has 0 unspecified atom stereocenters. The highest BCUT2D eigenvalue weighted by Gasteiger charge is 2.05. The van der Waals surface area contributed by atoms with Crippen LogP contribution in [0.1, 0.15) is 11.1 Å². The number of anilines is 3. The van der Waals surface area contributed by atoms with Gasteiger partial charge in [0.2, 0.25) is 0 Å². The fourth-order valence-electron chi connectivity index (χ4n) is 1.81. The average Bonchev–Trinajstić information content (AvgIpc) is 2.41.